The van der Waals surface area contributed by atoms with Crippen LogP contribution in [0.15, 0.2) is 28.9 Å². The standard InChI is InChI=1S/C24H30ClN3O3/c1-27(24(29)23-26-22(15-30-23)17-4-5-17)13-16-10-20(11-16)31-19-7-6-18(21(25)12-19)14-28-8-2-3-9-28/h6-7,12,15-17,20H,2-5,8-11,13-14H2,1H3. The van der Waals surface area contributed by atoms with Crippen molar-refractivity contribution in [3.8, 4) is 5.75 Å². The number of nitrogens with zero attached hydrogens (tertiary/aromatic N) is 3. The SMILES string of the molecule is CN(CC1CC(Oc2ccc(CN3CCCC3)c(Cl)c2)C1)C(=O)c1nc(C2CC2)co1. The maximum Gasteiger partial charge on any atom is 0.309 e. The molecule has 6 nitrogen and oxygen atoms in total. The van der Waals surface area contributed by atoms with Crippen LogP contribution in [0.2, 0.25) is 5.02 Å². The first-order valence-electron chi connectivity index (χ1n) is 11.4. The molecule has 2 saturated carbocycles. The molecular weight excluding hydrogens is 414 g/mol. The van der Waals surface area contributed by atoms with E-state index in [0.717, 1.165) is 61.8 Å². The number of aromatic nitrogens is 1. The Bertz CT molecular complexity index is 930. The van der Waals surface area contributed by atoms with E-state index in [0.29, 0.717) is 18.4 Å². The molecule has 1 amide bonds. The molecule has 31 heavy (non-hydrogen) atoms. The van der Waals surface area contributed by atoms with Crippen LogP contribution < -0.4 is 4.74 Å². The molecule has 0 bridgehead atoms. The Morgan fingerprint density at radius 1 is 1.29 bits per heavy atom. The summed E-state index contributed by atoms with van der Waals surface area (Å²) in [6.07, 6.45) is 8.53. The number of halogens is 1. The number of hydrogen-bond acceptors (Lipinski definition) is 5. The number of benzene rings is 1. The molecule has 0 unspecified atom stereocenters. The van der Waals surface area contributed by atoms with Crippen LogP contribution in [0, 0.1) is 5.92 Å². The molecule has 0 radical (unpaired) electrons. The molecule has 1 aromatic carbocycles. The van der Waals surface area contributed by atoms with Gasteiger partial charge in [0, 0.05) is 31.1 Å². The number of rotatable bonds is 8. The molecule has 2 aromatic rings. The molecule has 1 aromatic heterocycles. The Labute approximate surface area is 188 Å². The fourth-order valence-electron chi connectivity index (χ4n) is 4.61. The number of carbonyl (C=O) groups excluding carboxylic acids is 1. The van der Waals surface area contributed by atoms with Gasteiger partial charge in [0.25, 0.3) is 5.89 Å². The maximum atomic E-state index is 12.6. The van der Waals surface area contributed by atoms with E-state index in [1.54, 1.807) is 11.2 Å². The number of carbonyl (C=O) groups is 1. The van der Waals surface area contributed by atoms with Gasteiger partial charge in [0.1, 0.15) is 12.0 Å². The smallest absolute Gasteiger partial charge is 0.309 e. The molecule has 166 valence electrons. The fraction of sp³-hybridized carbons (Fsp3) is 0.583. The third-order valence-corrected chi connectivity index (χ3v) is 7.04. The largest absolute Gasteiger partial charge is 0.490 e. The van der Waals surface area contributed by atoms with Crippen LogP contribution in [-0.2, 0) is 6.54 Å². The number of likely N-dealkylation sites (tertiary alicyclic amines) is 1. The quantitative estimate of drug-likeness (QED) is 0.590. The summed E-state index contributed by atoms with van der Waals surface area (Å²) in [6.45, 7) is 3.92. The van der Waals surface area contributed by atoms with Crippen LogP contribution in [0.3, 0.4) is 0 Å². The van der Waals surface area contributed by atoms with Gasteiger partial charge in [-0.25, -0.2) is 4.98 Å². The van der Waals surface area contributed by atoms with Crippen LogP contribution in [0.1, 0.15) is 66.4 Å². The molecule has 2 heterocycles. The second-order valence-corrected chi connectivity index (χ2v) is 9.76. The highest BCUT2D eigenvalue weighted by molar-refractivity contribution is 6.31. The van der Waals surface area contributed by atoms with Gasteiger partial charge >= 0.3 is 5.91 Å². The van der Waals surface area contributed by atoms with Gasteiger partial charge in [0.05, 0.1) is 11.8 Å². The lowest BCUT2D eigenvalue weighted by atomic mass is 9.82. The van der Waals surface area contributed by atoms with E-state index in [-0.39, 0.29) is 17.9 Å². The van der Waals surface area contributed by atoms with E-state index in [2.05, 4.69) is 16.0 Å². The predicted octanol–water partition coefficient (Wildman–Crippen LogP) is 4.73. The monoisotopic (exact) mass is 443 g/mol. The van der Waals surface area contributed by atoms with E-state index < -0.39 is 0 Å². The Morgan fingerprint density at radius 2 is 2.06 bits per heavy atom. The average Bonchev–Trinajstić information content (AvgIpc) is 3.23. The maximum absolute atomic E-state index is 12.6. The van der Waals surface area contributed by atoms with Crippen molar-refractivity contribution >= 4 is 17.5 Å². The highest BCUT2D eigenvalue weighted by Gasteiger charge is 2.34. The van der Waals surface area contributed by atoms with Crippen LogP contribution >= 0.6 is 11.6 Å². The average molecular weight is 444 g/mol. The van der Waals surface area contributed by atoms with E-state index in [1.165, 1.54) is 18.4 Å². The van der Waals surface area contributed by atoms with E-state index in [1.807, 2.05) is 19.2 Å². The lowest BCUT2D eigenvalue weighted by Gasteiger charge is -2.37. The van der Waals surface area contributed by atoms with E-state index in [9.17, 15) is 4.79 Å². The van der Waals surface area contributed by atoms with Gasteiger partial charge in [-0.1, -0.05) is 17.7 Å². The van der Waals surface area contributed by atoms with Gasteiger partial charge in [0.15, 0.2) is 0 Å². The van der Waals surface area contributed by atoms with Crippen molar-refractivity contribution in [1.82, 2.24) is 14.8 Å². The first-order valence-corrected chi connectivity index (χ1v) is 11.8. The van der Waals surface area contributed by atoms with Gasteiger partial charge in [-0.3, -0.25) is 9.69 Å². The fourth-order valence-corrected chi connectivity index (χ4v) is 4.84. The topological polar surface area (TPSA) is 58.8 Å². The van der Waals surface area contributed by atoms with Crippen LogP contribution in [0.25, 0.3) is 0 Å². The minimum atomic E-state index is -0.142. The predicted molar refractivity (Wildman–Crippen MR) is 119 cm³/mol. The molecule has 1 saturated heterocycles. The van der Waals surface area contributed by atoms with Gasteiger partial charge in [0.2, 0.25) is 0 Å². The zero-order valence-electron chi connectivity index (χ0n) is 18.1. The minimum absolute atomic E-state index is 0.142. The molecule has 2 aliphatic carbocycles. The lowest BCUT2D eigenvalue weighted by Crippen LogP contribution is -2.42. The Balaban J connectivity index is 1.07. The van der Waals surface area contributed by atoms with Gasteiger partial charge in [-0.2, -0.15) is 0 Å². The highest BCUT2D eigenvalue weighted by atomic mass is 35.5. The third-order valence-electron chi connectivity index (χ3n) is 6.69. The normalized spacial score (nSPS) is 23.5. The molecule has 3 fully saturated rings. The van der Waals surface area contributed by atoms with E-state index in [4.69, 9.17) is 20.8 Å². The summed E-state index contributed by atoms with van der Waals surface area (Å²) < 4.78 is 11.5. The Hall–Kier alpha value is -2.05. The van der Waals surface area contributed by atoms with Crippen molar-refractivity contribution in [3.05, 3.63) is 46.6 Å². The van der Waals surface area contributed by atoms with Crippen LogP contribution in [0.5, 0.6) is 5.75 Å². The summed E-state index contributed by atoms with van der Waals surface area (Å²) in [5, 5.41) is 0.780. The number of oxazole rings is 1. The molecule has 0 spiro atoms. The number of amides is 1. The lowest BCUT2D eigenvalue weighted by molar-refractivity contribution is 0.0403. The summed E-state index contributed by atoms with van der Waals surface area (Å²) in [7, 11) is 1.82. The van der Waals surface area contributed by atoms with Crippen molar-refractivity contribution < 1.29 is 13.9 Å². The highest BCUT2D eigenvalue weighted by Crippen LogP contribution is 2.39. The number of ether oxygens (including phenoxy) is 1. The van der Waals surface area contributed by atoms with Gasteiger partial charge in [-0.15, -0.1) is 0 Å². The molecule has 0 atom stereocenters. The second kappa shape index (κ2) is 8.83. The minimum Gasteiger partial charge on any atom is -0.490 e. The number of hydrogen-bond donors (Lipinski definition) is 0. The van der Waals surface area contributed by atoms with Crippen molar-refractivity contribution in [2.75, 3.05) is 26.7 Å². The molecule has 7 heteroatoms. The third kappa shape index (κ3) is 4.90. The first-order chi connectivity index (χ1) is 15.0. The molecule has 3 aliphatic rings. The summed E-state index contributed by atoms with van der Waals surface area (Å²) in [6, 6.07) is 6.06. The second-order valence-electron chi connectivity index (χ2n) is 9.35. The van der Waals surface area contributed by atoms with E-state index >= 15 is 0 Å². The Morgan fingerprint density at radius 3 is 2.77 bits per heavy atom. The van der Waals surface area contributed by atoms with Crippen molar-refractivity contribution in [2.45, 2.75) is 57.1 Å². The zero-order valence-corrected chi connectivity index (χ0v) is 18.8. The zero-order chi connectivity index (χ0) is 21.4. The van der Waals surface area contributed by atoms with Gasteiger partial charge < -0.3 is 14.1 Å². The molecule has 0 N–H and O–H groups in total. The van der Waals surface area contributed by atoms with Crippen molar-refractivity contribution in [2.24, 2.45) is 5.92 Å². The van der Waals surface area contributed by atoms with Crippen LogP contribution in [-0.4, -0.2) is 53.5 Å². The molecular formula is C24H30ClN3O3. The summed E-state index contributed by atoms with van der Waals surface area (Å²) >= 11 is 6.50. The van der Waals surface area contributed by atoms with Crippen molar-refractivity contribution in [1.29, 1.82) is 0 Å². The van der Waals surface area contributed by atoms with Crippen molar-refractivity contribution in [3.63, 3.8) is 0 Å². The van der Waals surface area contributed by atoms with Crippen LogP contribution in [0.4, 0.5) is 0 Å². The van der Waals surface area contributed by atoms with Gasteiger partial charge in [-0.05, 0) is 75.2 Å². The Kier molecular flexibility index (Phi) is 5.93. The summed E-state index contributed by atoms with van der Waals surface area (Å²) in [5.74, 6) is 1.82. The molecule has 1 aliphatic heterocycles. The first kappa shape index (κ1) is 20.8. The summed E-state index contributed by atoms with van der Waals surface area (Å²) in [5.41, 5.74) is 2.08. The summed E-state index contributed by atoms with van der Waals surface area (Å²) in [4.78, 5) is 21.1. The molecule has 5 rings (SSSR count).